The van der Waals surface area contributed by atoms with Crippen LogP contribution in [0.15, 0.2) is 60.8 Å². The lowest BCUT2D eigenvalue weighted by atomic mass is 10.0. The van der Waals surface area contributed by atoms with Crippen molar-refractivity contribution in [1.82, 2.24) is 0 Å². The summed E-state index contributed by atoms with van der Waals surface area (Å²) in [6.45, 7) is 2.28. The third-order valence-corrected chi connectivity index (χ3v) is 11.6. The minimum Gasteiger partial charge on any atom is -0.462 e. The van der Waals surface area contributed by atoms with Crippen molar-refractivity contribution in [3.8, 4) is 0 Å². The van der Waals surface area contributed by atoms with E-state index in [4.69, 9.17) is 23.6 Å². The molecule has 0 aliphatic rings. The molecule has 0 aromatic carbocycles. The molecule has 3 N–H and O–H groups in total. The molecule has 366 valence electrons. The molecule has 0 bridgehead atoms. The highest BCUT2D eigenvalue weighted by molar-refractivity contribution is 7.47. The van der Waals surface area contributed by atoms with E-state index in [1.54, 1.807) is 0 Å². The van der Waals surface area contributed by atoms with E-state index in [0.717, 1.165) is 77.0 Å². The summed E-state index contributed by atoms with van der Waals surface area (Å²) < 4.78 is 32.9. The molecular formula is C52H93O10P. The number of hydrogen-bond acceptors (Lipinski definition) is 9. The molecule has 0 amide bonds. The molecule has 0 aliphatic carbocycles. The van der Waals surface area contributed by atoms with Crippen molar-refractivity contribution >= 4 is 19.8 Å². The normalized spacial score (nSPS) is 14.2. The summed E-state index contributed by atoms with van der Waals surface area (Å²) in [5.41, 5.74) is 0. The number of aliphatic hydroxyl groups is 2. The Morgan fingerprint density at radius 3 is 1.33 bits per heavy atom. The summed E-state index contributed by atoms with van der Waals surface area (Å²) in [5.74, 6) is -0.932. The van der Waals surface area contributed by atoms with E-state index >= 15 is 0 Å². The molecule has 63 heavy (non-hydrogen) atoms. The van der Waals surface area contributed by atoms with Crippen LogP contribution in [0.25, 0.3) is 0 Å². The minimum absolute atomic E-state index is 0.176. The van der Waals surface area contributed by atoms with Crippen LogP contribution in [0.1, 0.15) is 219 Å². The van der Waals surface area contributed by atoms with E-state index in [0.29, 0.717) is 12.8 Å². The Kier molecular flexibility index (Phi) is 45.9. The second-order valence-corrected chi connectivity index (χ2v) is 18.3. The van der Waals surface area contributed by atoms with Crippen molar-refractivity contribution in [2.45, 2.75) is 232 Å². The molecule has 0 radical (unpaired) electrons. The van der Waals surface area contributed by atoms with E-state index in [1.807, 2.05) is 0 Å². The third-order valence-electron chi connectivity index (χ3n) is 10.7. The first-order valence-electron chi connectivity index (χ1n) is 25.2. The van der Waals surface area contributed by atoms with Gasteiger partial charge in [-0.1, -0.05) is 190 Å². The zero-order chi connectivity index (χ0) is 46.2. The Bertz CT molecular complexity index is 1230. The van der Waals surface area contributed by atoms with E-state index in [1.165, 1.54) is 103 Å². The summed E-state index contributed by atoms with van der Waals surface area (Å²) in [7, 11) is -4.63. The van der Waals surface area contributed by atoms with Crippen LogP contribution in [0, 0.1) is 0 Å². The van der Waals surface area contributed by atoms with E-state index in [2.05, 4.69) is 74.6 Å². The molecule has 0 saturated heterocycles. The standard InChI is InChI=1S/C52H93O10P/c1-3-5-7-9-11-13-15-17-19-21-22-23-24-25-26-28-30-32-34-36-38-40-42-44-52(56)62-50(48-61-63(57,58)60-46-49(54)45-53)47-59-51(55)43-41-39-37-35-33-31-29-27-20-18-16-14-12-10-8-6-4-2/h5,7,11,13,17-20,22-23,49-50,53-54H,3-4,6,8-10,12,14-16,21,24-48H2,1-2H3,(H,57,58)/b7-5-,13-11-,19-17-,20-18-,23-22-. The zero-order valence-corrected chi connectivity index (χ0v) is 40.9. The Labute approximate surface area is 385 Å². The van der Waals surface area contributed by atoms with Gasteiger partial charge in [0.15, 0.2) is 6.10 Å². The fraction of sp³-hybridized carbons (Fsp3) is 0.769. The number of ether oxygens (including phenoxy) is 2. The largest absolute Gasteiger partial charge is 0.472 e. The monoisotopic (exact) mass is 909 g/mol. The number of carbonyl (C=O) groups is 2. The van der Waals surface area contributed by atoms with Crippen LogP contribution >= 0.6 is 7.82 Å². The van der Waals surface area contributed by atoms with Crippen LogP contribution < -0.4 is 0 Å². The predicted octanol–water partition coefficient (Wildman–Crippen LogP) is 14.2. The lowest BCUT2D eigenvalue weighted by Gasteiger charge is -2.20. The van der Waals surface area contributed by atoms with Crippen molar-refractivity contribution < 1.29 is 47.8 Å². The third kappa shape index (κ3) is 47.5. The number of phosphoric ester groups is 1. The highest BCUT2D eigenvalue weighted by atomic mass is 31.2. The summed E-state index contributed by atoms with van der Waals surface area (Å²) in [5, 5.41) is 18.4. The molecule has 11 heteroatoms. The summed E-state index contributed by atoms with van der Waals surface area (Å²) in [6, 6.07) is 0. The molecule has 0 fully saturated rings. The van der Waals surface area contributed by atoms with Gasteiger partial charge in [0.05, 0.1) is 19.8 Å². The van der Waals surface area contributed by atoms with Gasteiger partial charge in [-0.05, 0) is 77.0 Å². The maximum absolute atomic E-state index is 12.7. The van der Waals surface area contributed by atoms with Gasteiger partial charge in [-0.2, -0.15) is 0 Å². The molecule has 0 spiro atoms. The van der Waals surface area contributed by atoms with E-state index in [-0.39, 0.29) is 19.4 Å². The fourth-order valence-electron chi connectivity index (χ4n) is 6.80. The van der Waals surface area contributed by atoms with Crippen LogP contribution in [0.3, 0.4) is 0 Å². The quantitative estimate of drug-likeness (QED) is 0.0233. The van der Waals surface area contributed by atoms with Gasteiger partial charge in [-0.25, -0.2) is 4.57 Å². The van der Waals surface area contributed by atoms with Crippen molar-refractivity contribution in [3.05, 3.63) is 60.8 Å². The van der Waals surface area contributed by atoms with Crippen molar-refractivity contribution in [1.29, 1.82) is 0 Å². The number of allylic oxidation sites excluding steroid dienone is 10. The van der Waals surface area contributed by atoms with Gasteiger partial charge >= 0.3 is 19.8 Å². The van der Waals surface area contributed by atoms with Crippen LogP contribution in [0.5, 0.6) is 0 Å². The summed E-state index contributed by atoms with van der Waals surface area (Å²) >= 11 is 0. The second-order valence-electron chi connectivity index (χ2n) is 16.8. The van der Waals surface area contributed by atoms with E-state index in [9.17, 15) is 24.2 Å². The average Bonchev–Trinajstić information content (AvgIpc) is 3.27. The van der Waals surface area contributed by atoms with Gasteiger partial charge in [0, 0.05) is 12.8 Å². The number of unbranched alkanes of at least 4 members (excludes halogenated alkanes) is 23. The topological polar surface area (TPSA) is 149 Å². The molecule has 10 nitrogen and oxygen atoms in total. The predicted molar refractivity (Wildman–Crippen MR) is 260 cm³/mol. The summed E-state index contributed by atoms with van der Waals surface area (Å²) in [6.07, 6.45) is 54.7. The van der Waals surface area contributed by atoms with Crippen LogP contribution in [-0.2, 0) is 32.7 Å². The summed E-state index contributed by atoms with van der Waals surface area (Å²) in [4.78, 5) is 35.2. The Balaban J connectivity index is 4.20. The van der Waals surface area contributed by atoms with Crippen LogP contribution in [0.2, 0.25) is 0 Å². The molecule has 0 aromatic heterocycles. The van der Waals surface area contributed by atoms with Gasteiger partial charge in [0.25, 0.3) is 0 Å². The first-order chi connectivity index (χ1) is 30.7. The van der Waals surface area contributed by atoms with Gasteiger partial charge in [-0.15, -0.1) is 0 Å². The van der Waals surface area contributed by atoms with Crippen LogP contribution in [-0.4, -0.2) is 65.7 Å². The maximum atomic E-state index is 12.7. The van der Waals surface area contributed by atoms with Crippen molar-refractivity contribution in [2.24, 2.45) is 0 Å². The molecule has 3 atom stereocenters. The number of rotatable bonds is 47. The fourth-order valence-corrected chi connectivity index (χ4v) is 7.59. The molecule has 0 aromatic rings. The van der Waals surface area contributed by atoms with Crippen molar-refractivity contribution in [3.63, 3.8) is 0 Å². The number of aliphatic hydroxyl groups excluding tert-OH is 2. The van der Waals surface area contributed by atoms with E-state index < -0.39 is 51.8 Å². The Hall–Kier alpha value is -2.33. The van der Waals surface area contributed by atoms with Gasteiger partial charge < -0.3 is 24.6 Å². The highest BCUT2D eigenvalue weighted by Gasteiger charge is 2.27. The first kappa shape index (κ1) is 60.7. The number of phosphoric acid groups is 1. The van der Waals surface area contributed by atoms with Crippen LogP contribution in [0.4, 0.5) is 0 Å². The smallest absolute Gasteiger partial charge is 0.462 e. The maximum Gasteiger partial charge on any atom is 0.472 e. The number of carbonyl (C=O) groups excluding carboxylic acids is 2. The Morgan fingerprint density at radius 2 is 0.873 bits per heavy atom. The molecule has 0 rings (SSSR count). The second kappa shape index (κ2) is 47.6. The number of esters is 2. The number of hydrogen-bond donors (Lipinski definition) is 3. The highest BCUT2D eigenvalue weighted by Crippen LogP contribution is 2.43. The van der Waals surface area contributed by atoms with Gasteiger partial charge in [0.1, 0.15) is 12.7 Å². The lowest BCUT2D eigenvalue weighted by Crippen LogP contribution is -2.29. The SMILES string of the molecule is CC/C=C\C/C=C\C/C=C\C/C=C\CCCCCCCCCCCCC(=O)OC(COC(=O)CCCCCCCCC/C=C\CCCCCCCC)COP(=O)(O)OCC(O)CO. The molecular weight excluding hydrogens is 816 g/mol. The zero-order valence-electron chi connectivity index (χ0n) is 40.0. The molecule has 0 saturated carbocycles. The average molecular weight is 909 g/mol. The van der Waals surface area contributed by atoms with Crippen molar-refractivity contribution in [2.75, 3.05) is 26.4 Å². The molecule has 3 unspecified atom stereocenters. The van der Waals surface area contributed by atoms with Gasteiger partial charge in [-0.3, -0.25) is 18.6 Å². The minimum atomic E-state index is -4.63. The molecule has 0 aliphatic heterocycles. The molecule has 0 heterocycles. The lowest BCUT2D eigenvalue weighted by molar-refractivity contribution is -0.161. The first-order valence-corrected chi connectivity index (χ1v) is 26.7. The Morgan fingerprint density at radius 1 is 0.492 bits per heavy atom. The van der Waals surface area contributed by atoms with Gasteiger partial charge in [0.2, 0.25) is 0 Å².